The second-order valence-corrected chi connectivity index (χ2v) is 3.65. The fraction of sp³-hybridized carbons (Fsp3) is 0.714. The monoisotopic (exact) mass is 143 g/mol. The highest BCUT2D eigenvalue weighted by molar-refractivity contribution is 8.00. The number of hydrogen-bond acceptors (Lipinski definition) is 2. The fourth-order valence-corrected chi connectivity index (χ4v) is 1.38. The summed E-state index contributed by atoms with van der Waals surface area (Å²) in [5, 5.41) is 3.40. The van der Waals surface area contributed by atoms with Crippen LogP contribution in [-0.2, 0) is 0 Å². The normalized spacial score (nSPS) is 19.2. The lowest BCUT2D eigenvalue weighted by molar-refractivity contribution is 0.615. The van der Waals surface area contributed by atoms with Crippen molar-refractivity contribution >= 4 is 11.8 Å². The summed E-state index contributed by atoms with van der Waals surface area (Å²) in [6, 6.07) is 0.770. The summed E-state index contributed by atoms with van der Waals surface area (Å²) in [5.74, 6) is 2.57. The van der Waals surface area contributed by atoms with Gasteiger partial charge in [-0.3, -0.25) is 0 Å². The van der Waals surface area contributed by atoms with E-state index in [4.69, 9.17) is 0 Å². The molecule has 0 aromatic rings. The average Bonchev–Trinajstić information content (AvgIpc) is 1.60. The van der Waals surface area contributed by atoms with Gasteiger partial charge >= 0.3 is 0 Å². The zero-order chi connectivity index (χ0) is 6.69. The van der Waals surface area contributed by atoms with E-state index in [2.05, 4.69) is 18.8 Å². The predicted octanol–water partition coefficient (Wildman–Crippen LogP) is 1.27. The number of thioether (sulfide) groups is 1. The molecule has 0 amide bonds. The maximum Gasteiger partial charge on any atom is 0.0251 e. The van der Waals surface area contributed by atoms with Gasteiger partial charge < -0.3 is 5.32 Å². The Bertz CT molecular complexity index is 107. The minimum Gasteiger partial charge on any atom is -0.309 e. The molecule has 1 nitrogen and oxygen atoms in total. The van der Waals surface area contributed by atoms with Gasteiger partial charge in [0.1, 0.15) is 0 Å². The summed E-state index contributed by atoms with van der Waals surface area (Å²) in [7, 11) is 0. The van der Waals surface area contributed by atoms with Crippen LogP contribution < -0.4 is 5.32 Å². The summed E-state index contributed by atoms with van der Waals surface area (Å²) in [5.41, 5.74) is 1.23. The van der Waals surface area contributed by atoms with E-state index in [1.165, 1.54) is 17.1 Å². The molecule has 1 N–H and O–H groups in total. The molecule has 1 aliphatic heterocycles. The van der Waals surface area contributed by atoms with Crippen molar-refractivity contribution in [2.75, 3.05) is 18.1 Å². The molecule has 0 radical (unpaired) electrons. The van der Waals surface area contributed by atoms with Crippen LogP contribution >= 0.6 is 11.8 Å². The van der Waals surface area contributed by atoms with E-state index in [0.29, 0.717) is 0 Å². The van der Waals surface area contributed by atoms with Crippen molar-refractivity contribution in [1.82, 2.24) is 5.32 Å². The molecular formula is C7H13NS. The van der Waals surface area contributed by atoms with E-state index in [0.717, 1.165) is 12.6 Å². The van der Waals surface area contributed by atoms with Gasteiger partial charge in [-0.05, 0) is 6.92 Å². The van der Waals surface area contributed by atoms with Crippen molar-refractivity contribution in [1.29, 1.82) is 0 Å². The van der Waals surface area contributed by atoms with Gasteiger partial charge in [0.15, 0.2) is 0 Å². The molecule has 1 aliphatic rings. The lowest BCUT2D eigenvalue weighted by atomic mass is 10.3. The molecule has 0 spiro atoms. The predicted molar refractivity (Wildman–Crippen MR) is 43.9 cm³/mol. The molecule has 0 atom stereocenters. The van der Waals surface area contributed by atoms with Crippen LogP contribution in [0, 0.1) is 0 Å². The molecule has 1 heterocycles. The van der Waals surface area contributed by atoms with Crippen molar-refractivity contribution in [3.63, 3.8) is 0 Å². The van der Waals surface area contributed by atoms with E-state index in [-0.39, 0.29) is 0 Å². The molecule has 9 heavy (non-hydrogen) atoms. The van der Waals surface area contributed by atoms with Crippen LogP contribution in [0.25, 0.3) is 0 Å². The topological polar surface area (TPSA) is 12.0 Å². The lowest BCUT2D eigenvalue weighted by Gasteiger charge is -2.25. The van der Waals surface area contributed by atoms with Gasteiger partial charge in [-0.2, -0.15) is 11.8 Å². The van der Waals surface area contributed by atoms with Crippen molar-refractivity contribution in [2.45, 2.75) is 13.0 Å². The Labute approximate surface area is 60.9 Å². The number of hydrogen-bond donors (Lipinski definition) is 1. The largest absolute Gasteiger partial charge is 0.309 e. The van der Waals surface area contributed by atoms with Crippen LogP contribution in [0.2, 0.25) is 0 Å². The van der Waals surface area contributed by atoms with Gasteiger partial charge in [-0.25, -0.2) is 0 Å². The molecule has 0 unspecified atom stereocenters. The van der Waals surface area contributed by atoms with Gasteiger partial charge in [0, 0.05) is 24.1 Å². The zero-order valence-electron chi connectivity index (χ0n) is 5.81. The Morgan fingerprint density at radius 1 is 1.78 bits per heavy atom. The van der Waals surface area contributed by atoms with Crippen molar-refractivity contribution < 1.29 is 0 Å². The number of nitrogens with one attached hydrogen (secondary N) is 1. The summed E-state index contributed by atoms with van der Waals surface area (Å²) in [6.45, 7) is 6.86. The van der Waals surface area contributed by atoms with Crippen molar-refractivity contribution in [2.24, 2.45) is 0 Å². The third kappa shape index (κ3) is 2.41. The minimum absolute atomic E-state index is 0.770. The van der Waals surface area contributed by atoms with Gasteiger partial charge in [0.05, 0.1) is 0 Å². The Morgan fingerprint density at radius 3 is 2.78 bits per heavy atom. The second-order valence-electron chi connectivity index (χ2n) is 2.57. The summed E-state index contributed by atoms with van der Waals surface area (Å²) in [4.78, 5) is 0. The van der Waals surface area contributed by atoms with Crippen LogP contribution in [0.3, 0.4) is 0 Å². The SMILES string of the molecule is C=C(C)CNC1CSC1. The molecule has 0 bridgehead atoms. The molecule has 0 saturated carbocycles. The Kier molecular flexibility index (Phi) is 2.61. The maximum absolute atomic E-state index is 3.82. The number of rotatable bonds is 3. The summed E-state index contributed by atoms with van der Waals surface area (Å²) >= 11 is 2.00. The third-order valence-electron chi connectivity index (χ3n) is 1.33. The standard InChI is InChI=1S/C7H13NS/c1-6(2)3-8-7-4-9-5-7/h7-8H,1,3-5H2,2H3. The Morgan fingerprint density at radius 2 is 2.44 bits per heavy atom. The highest BCUT2D eigenvalue weighted by atomic mass is 32.2. The molecular weight excluding hydrogens is 130 g/mol. The van der Waals surface area contributed by atoms with Gasteiger partial charge in [0.25, 0.3) is 0 Å². The van der Waals surface area contributed by atoms with Crippen LogP contribution in [0.1, 0.15) is 6.92 Å². The first-order valence-electron chi connectivity index (χ1n) is 3.24. The zero-order valence-corrected chi connectivity index (χ0v) is 6.63. The molecule has 0 aromatic heterocycles. The molecule has 1 saturated heterocycles. The highest BCUT2D eigenvalue weighted by Gasteiger charge is 2.16. The average molecular weight is 143 g/mol. The Hall–Kier alpha value is 0.0500. The van der Waals surface area contributed by atoms with E-state index in [9.17, 15) is 0 Å². The highest BCUT2D eigenvalue weighted by Crippen LogP contribution is 2.16. The molecule has 52 valence electrons. The third-order valence-corrected chi connectivity index (χ3v) is 2.61. The smallest absolute Gasteiger partial charge is 0.0251 e. The van der Waals surface area contributed by atoms with Crippen LogP contribution in [-0.4, -0.2) is 24.1 Å². The van der Waals surface area contributed by atoms with Crippen molar-refractivity contribution in [3.05, 3.63) is 12.2 Å². The van der Waals surface area contributed by atoms with E-state index in [1.54, 1.807) is 0 Å². The Balaban J connectivity index is 1.97. The van der Waals surface area contributed by atoms with Gasteiger partial charge in [0.2, 0.25) is 0 Å². The van der Waals surface area contributed by atoms with E-state index < -0.39 is 0 Å². The van der Waals surface area contributed by atoms with Crippen LogP contribution in [0.15, 0.2) is 12.2 Å². The fourth-order valence-electron chi connectivity index (χ4n) is 0.672. The van der Waals surface area contributed by atoms with E-state index >= 15 is 0 Å². The van der Waals surface area contributed by atoms with Gasteiger partial charge in [-0.15, -0.1) is 0 Å². The first-order valence-corrected chi connectivity index (χ1v) is 4.40. The molecule has 2 heteroatoms. The molecule has 0 aromatic carbocycles. The molecule has 0 aliphatic carbocycles. The molecule has 1 rings (SSSR count). The maximum atomic E-state index is 3.82. The molecule has 1 fully saturated rings. The van der Waals surface area contributed by atoms with E-state index in [1.807, 2.05) is 11.8 Å². The second kappa shape index (κ2) is 3.28. The quantitative estimate of drug-likeness (QED) is 0.597. The first kappa shape index (κ1) is 7.16. The van der Waals surface area contributed by atoms with Crippen LogP contribution in [0.5, 0.6) is 0 Å². The van der Waals surface area contributed by atoms with Crippen LogP contribution in [0.4, 0.5) is 0 Å². The lowest BCUT2D eigenvalue weighted by Crippen LogP contribution is -2.40. The summed E-state index contributed by atoms with van der Waals surface area (Å²) < 4.78 is 0. The van der Waals surface area contributed by atoms with Gasteiger partial charge in [-0.1, -0.05) is 12.2 Å². The van der Waals surface area contributed by atoms with Crippen molar-refractivity contribution in [3.8, 4) is 0 Å². The summed E-state index contributed by atoms with van der Waals surface area (Å²) in [6.07, 6.45) is 0. The minimum atomic E-state index is 0.770. The first-order chi connectivity index (χ1) is 4.29.